The largest absolute Gasteiger partial charge is 0.0946 e. The fraction of sp³-hybridized carbons (Fsp3) is 0.286. The predicted octanol–water partition coefficient (Wildman–Crippen LogP) is 4.20. The second-order valence-corrected chi connectivity index (χ2v) is 3.59. The Labute approximate surface area is 87.0 Å². The van der Waals surface area contributed by atoms with E-state index < -0.39 is 0 Å². The molecule has 74 valence electrons. The van der Waals surface area contributed by atoms with Crippen LogP contribution in [-0.4, -0.2) is 0 Å². The predicted molar refractivity (Wildman–Crippen MR) is 64.1 cm³/mol. The van der Waals surface area contributed by atoms with Crippen LogP contribution < -0.4 is 0 Å². The fourth-order valence-corrected chi connectivity index (χ4v) is 1.81. The molecule has 0 saturated heterocycles. The highest BCUT2D eigenvalue weighted by Gasteiger charge is 2.24. The summed E-state index contributed by atoms with van der Waals surface area (Å²) in [6.45, 7) is 14.4. The molecule has 1 unspecified atom stereocenters. The normalized spacial score (nSPS) is 23.5. The van der Waals surface area contributed by atoms with Crippen molar-refractivity contribution in [2.45, 2.75) is 20.8 Å². The van der Waals surface area contributed by atoms with Crippen molar-refractivity contribution in [1.29, 1.82) is 0 Å². The Bertz CT molecular complexity index is 348. The second-order valence-electron chi connectivity index (χ2n) is 3.59. The molecule has 0 fully saturated rings. The monoisotopic (exact) mass is 186 g/mol. The first-order valence-electron chi connectivity index (χ1n) is 5.01. The molecule has 0 bridgehead atoms. The third kappa shape index (κ3) is 1.65. The summed E-state index contributed by atoms with van der Waals surface area (Å²) in [5.74, 6) is 0.407. The van der Waals surface area contributed by atoms with Crippen molar-refractivity contribution < 1.29 is 0 Å². The summed E-state index contributed by atoms with van der Waals surface area (Å²) in [6, 6.07) is 0. The third-order valence-electron chi connectivity index (χ3n) is 2.69. The van der Waals surface area contributed by atoms with E-state index in [1.807, 2.05) is 13.8 Å². The van der Waals surface area contributed by atoms with Gasteiger partial charge in [-0.1, -0.05) is 44.4 Å². The lowest BCUT2D eigenvalue weighted by atomic mass is 9.99. The van der Waals surface area contributed by atoms with Gasteiger partial charge < -0.3 is 0 Å². The number of hydrogen-bond donors (Lipinski definition) is 0. The Kier molecular flexibility index (Phi) is 3.29. The van der Waals surface area contributed by atoms with E-state index >= 15 is 0 Å². The Morgan fingerprint density at radius 2 is 1.64 bits per heavy atom. The van der Waals surface area contributed by atoms with Crippen molar-refractivity contribution in [1.82, 2.24) is 0 Å². The van der Waals surface area contributed by atoms with Crippen LogP contribution in [0.1, 0.15) is 20.8 Å². The maximum atomic E-state index is 4.08. The average molecular weight is 186 g/mol. The van der Waals surface area contributed by atoms with Crippen LogP contribution in [0.2, 0.25) is 0 Å². The molecule has 1 rings (SSSR count). The maximum Gasteiger partial charge on any atom is 0.00671 e. The van der Waals surface area contributed by atoms with Gasteiger partial charge in [0.05, 0.1) is 0 Å². The van der Waals surface area contributed by atoms with E-state index in [0.29, 0.717) is 5.92 Å². The van der Waals surface area contributed by atoms with Crippen LogP contribution in [0.5, 0.6) is 0 Å². The van der Waals surface area contributed by atoms with Gasteiger partial charge in [-0.05, 0) is 36.1 Å². The molecule has 0 amide bonds. The van der Waals surface area contributed by atoms with Gasteiger partial charge in [-0.15, -0.1) is 0 Å². The maximum absolute atomic E-state index is 4.08. The first-order valence-corrected chi connectivity index (χ1v) is 5.01. The molecule has 0 heteroatoms. The van der Waals surface area contributed by atoms with E-state index in [9.17, 15) is 0 Å². The van der Waals surface area contributed by atoms with Crippen LogP contribution >= 0.6 is 0 Å². The fourth-order valence-electron chi connectivity index (χ4n) is 1.81. The van der Waals surface area contributed by atoms with Crippen molar-refractivity contribution in [3.05, 3.63) is 59.8 Å². The minimum absolute atomic E-state index is 0.407. The van der Waals surface area contributed by atoms with Crippen LogP contribution in [-0.2, 0) is 0 Å². The summed E-state index contributed by atoms with van der Waals surface area (Å²) >= 11 is 0. The molecule has 1 atom stereocenters. The third-order valence-corrected chi connectivity index (χ3v) is 2.69. The highest BCUT2D eigenvalue weighted by Crippen LogP contribution is 2.40. The zero-order chi connectivity index (χ0) is 10.7. The molecule has 0 aromatic carbocycles. The zero-order valence-corrected chi connectivity index (χ0v) is 9.30. The Morgan fingerprint density at radius 3 is 2.14 bits per heavy atom. The SMILES string of the molecule is C=C1C(=C)C(C)C(/C=C\C)=C1/C=C\C. The van der Waals surface area contributed by atoms with Crippen LogP contribution in [0.3, 0.4) is 0 Å². The Balaban J connectivity index is 3.24. The lowest BCUT2D eigenvalue weighted by Gasteiger charge is -2.05. The molecule has 0 spiro atoms. The molecule has 0 aromatic heterocycles. The molecule has 14 heavy (non-hydrogen) atoms. The Hall–Kier alpha value is -1.30. The summed E-state index contributed by atoms with van der Waals surface area (Å²) in [5, 5.41) is 0. The smallest absolute Gasteiger partial charge is 0.00671 e. The first kappa shape index (κ1) is 10.8. The van der Waals surface area contributed by atoms with Crippen molar-refractivity contribution in [2.24, 2.45) is 5.92 Å². The van der Waals surface area contributed by atoms with Gasteiger partial charge >= 0.3 is 0 Å². The van der Waals surface area contributed by atoms with Gasteiger partial charge in [-0.2, -0.15) is 0 Å². The molecule has 0 N–H and O–H groups in total. The van der Waals surface area contributed by atoms with Crippen LogP contribution in [0.15, 0.2) is 59.8 Å². The zero-order valence-electron chi connectivity index (χ0n) is 9.30. The van der Waals surface area contributed by atoms with Gasteiger partial charge in [-0.25, -0.2) is 0 Å². The minimum atomic E-state index is 0.407. The van der Waals surface area contributed by atoms with Crippen LogP contribution in [0, 0.1) is 5.92 Å². The van der Waals surface area contributed by atoms with Crippen molar-refractivity contribution in [2.75, 3.05) is 0 Å². The average Bonchev–Trinajstić information content (AvgIpc) is 2.36. The molecule has 0 aromatic rings. The van der Waals surface area contributed by atoms with Gasteiger partial charge in [-0.3, -0.25) is 0 Å². The van der Waals surface area contributed by atoms with Gasteiger partial charge in [0.15, 0.2) is 0 Å². The van der Waals surface area contributed by atoms with Crippen molar-refractivity contribution >= 4 is 0 Å². The summed E-state index contributed by atoms with van der Waals surface area (Å²) in [6.07, 6.45) is 8.40. The van der Waals surface area contributed by atoms with E-state index in [2.05, 4.69) is 44.4 Å². The van der Waals surface area contributed by atoms with Gasteiger partial charge in [0.25, 0.3) is 0 Å². The van der Waals surface area contributed by atoms with Crippen molar-refractivity contribution in [3.8, 4) is 0 Å². The summed E-state index contributed by atoms with van der Waals surface area (Å²) < 4.78 is 0. The lowest BCUT2D eigenvalue weighted by molar-refractivity contribution is 0.873. The molecule has 1 aliphatic carbocycles. The number of hydrogen-bond acceptors (Lipinski definition) is 0. The molecule has 0 nitrogen and oxygen atoms in total. The van der Waals surface area contributed by atoms with Crippen molar-refractivity contribution in [3.63, 3.8) is 0 Å². The van der Waals surface area contributed by atoms with Gasteiger partial charge in [0.1, 0.15) is 0 Å². The van der Waals surface area contributed by atoms with Crippen LogP contribution in [0.4, 0.5) is 0 Å². The first-order chi connectivity index (χ1) is 6.63. The molecule has 1 aliphatic rings. The van der Waals surface area contributed by atoms with Gasteiger partial charge in [0.2, 0.25) is 0 Å². The summed E-state index contributed by atoms with van der Waals surface area (Å²) in [5.41, 5.74) is 4.80. The molecule has 0 aliphatic heterocycles. The second kappa shape index (κ2) is 4.28. The quantitative estimate of drug-likeness (QED) is 0.606. The van der Waals surface area contributed by atoms with E-state index in [4.69, 9.17) is 0 Å². The molecule has 0 heterocycles. The number of rotatable bonds is 2. The summed E-state index contributed by atoms with van der Waals surface area (Å²) in [7, 11) is 0. The minimum Gasteiger partial charge on any atom is -0.0946 e. The Morgan fingerprint density at radius 1 is 1.07 bits per heavy atom. The highest BCUT2D eigenvalue weighted by molar-refractivity contribution is 5.63. The van der Waals surface area contributed by atoms with E-state index in [0.717, 1.165) is 11.1 Å². The van der Waals surface area contributed by atoms with Gasteiger partial charge in [0, 0.05) is 5.92 Å². The number of allylic oxidation sites excluding steroid dienone is 8. The molecular formula is C14H18. The molecule has 0 radical (unpaired) electrons. The topological polar surface area (TPSA) is 0 Å². The van der Waals surface area contributed by atoms with E-state index in [-0.39, 0.29) is 0 Å². The highest BCUT2D eigenvalue weighted by atomic mass is 14.3. The van der Waals surface area contributed by atoms with E-state index in [1.165, 1.54) is 11.1 Å². The molecule has 0 saturated carbocycles. The molecular weight excluding hydrogens is 168 g/mol. The summed E-state index contributed by atoms with van der Waals surface area (Å²) in [4.78, 5) is 0. The van der Waals surface area contributed by atoms with Crippen LogP contribution in [0.25, 0.3) is 0 Å². The van der Waals surface area contributed by atoms with E-state index in [1.54, 1.807) is 0 Å². The lowest BCUT2D eigenvalue weighted by Crippen LogP contribution is -1.92. The standard InChI is InChI=1S/C14H18/c1-6-8-13-11(4)10(3)12(5)14(13)9-7-2/h6-9,12H,3-4H2,1-2,5H3/b8-6-,9-7-.